The molecule has 3 N–H and O–H groups in total. The summed E-state index contributed by atoms with van der Waals surface area (Å²) in [7, 11) is -3.84. The van der Waals surface area contributed by atoms with Crippen LogP contribution >= 0.6 is 11.3 Å². The van der Waals surface area contributed by atoms with Gasteiger partial charge in [0.05, 0.1) is 17.2 Å². The van der Waals surface area contributed by atoms with Crippen LogP contribution in [0.1, 0.15) is 5.01 Å². The Morgan fingerprint density at radius 3 is 2.75 bits per heavy atom. The average Bonchev–Trinajstić information content (AvgIpc) is 2.89. The van der Waals surface area contributed by atoms with Crippen molar-refractivity contribution in [3.63, 3.8) is 0 Å². The Hall–Kier alpha value is -2.04. The lowest BCUT2D eigenvalue weighted by Crippen LogP contribution is -2.24. The number of aromatic nitrogens is 1. The maximum absolute atomic E-state index is 12.0. The highest BCUT2D eigenvalue weighted by atomic mass is 32.2. The highest BCUT2D eigenvalue weighted by molar-refractivity contribution is 7.89. The monoisotopic (exact) mass is 314 g/mol. The van der Waals surface area contributed by atoms with Crippen molar-refractivity contribution in [1.29, 1.82) is 0 Å². The predicted octanol–water partition coefficient (Wildman–Crippen LogP) is 1.11. The van der Waals surface area contributed by atoms with E-state index in [1.807, 2.05) is 0 Å². The summed E-state index contributed by atoms with van der Waals surface area (Å²) in [5.41, 5.74) is 5.12. The molecule has 0 bridgehead atoms. The molecule has 1 heterocycles. The minimum Gasteiger partial charge on any atom is -0.397 e. The number of nitrogens with zero attached hydrogens (tertiary/aromatic N) is 2. The Morgan fingerprint density at radius 1 is 1.45 bits per heavy atom. The van der Waals surface area contributed by atoms with Gasteiger partial charge in [-0.3, -0.25) is 10.1 Å². The summed E-state index contributed by atoms with van der Waals surface area (Å²) in [6, 6.07) is 3.21. The molecular weight excluding hydrogens is 304 g/mol. The molecule has 10 heteroatoms. The zero-order valence-electron chi connectivity index (χ0n) is 10.0. The molecule has 0 saturated heterocycles. The van der Waals surface area contributed by atoms with Crippen molar-refractivity contribution in [3.05, 3.63) is 44.9 Å². The van der Waals surface area contributed by atoms with E-state index < -0.39 is 14.9 Å². The molecule has 8 nitrogen and oxygen atoms in total. The molecule has 0 radical (unpaired) electrons. The molecule has 106 valence electrons. The van der Waals surface area contributed by atoms with Gasteiger partial charge in [0.15, 0.2) is 0 Å². The Labute approximate surface area is 118 Å². The standard InChI is InChI=1S/C10H10N4O4S2/c11-8-5-7(14(15)16)1-2-9(8)20(17,18)13-6-10-12-3-4-19-10/h1-5,13H,6,11H2. The number of nitrogen functional groups attached to an aromatic ring is 1. The van der Waals surface area contributed by atoms with E-state index in [4.69, 9.17) is 5.73 Å². The number of nitrogens with one attached hydrogen (secondary N) is 1. The van der Waals surface area contributed by atoms with Gasteiger partial charge in [-0.2, -0.15) is 0 Å². The molecule has 0 fully saturated rings. The number of non-ortho nitro benzene ring substituents is 1. The average molecular weight is 314 g/mol. The lowest BCUT2D eigenvalue weighted by Gasteiger charge is -2.07. The van der Waals surface area contributed by atoms with Crippen molar-refractivity contribution < 1.29 is 13.3 Å². The Kier molecular flexibility index (Phi) is 3.97. The van der Waals surface area contributed by atoms with Crippen molar-refractivity contribution in [3.8, 4) is 0 Å². The van der Waals surface area contributed by atoms with Gasteiger partial charge in [-0.05, 0) is 6.07 Å². The van der Waals surface area contributed by atoms with E-state index in [9.17, 15) is 18.5 Å². The molecule has 2 aromatic rings. The van der Waals surface area contributed by atoms with Crippen LogP contribution in [0.25, 0.3) is 0 Å². The number of hydrogen-bond donors (Lipinski definition) is 2. The first-order valence-electron chi connectivity index (χ1n) is 5.32. The van der Waals surface area contributed by atoms with Crippen molar-refractivity contribution >= 4 is 32.7 Å². The van der Waals surface area contributed by atoms with Crippen molar-refractivity contribution in [2.24, 2.45) is 0 Å². The van der Waals surface area contributed by atoms with Gasteiger partial charge >= 0.3 is 0 Å². The van der Waals surface area contributed by atoms with E-state index in [0.717, 1.165) is 18.2 Å². The van der Waals surface area contributed by atoms with Crippen molar-refractivity contribution in [1.82, 2.24) is 9.71 Å². The van der Waals surface area contributed by atoms with Gasteiger partial charge in [0.1, 0.15) is 9.90 Å². The minimum atomic E-state index is -3.84. The normalized spacial score (nSPS) is 11.4. The third kappa shape index (κ3) is 3.10. The van der Waals surface area contributed by atoms with Gasteiger partial charge in [-0.15, -0.1) is 11.3 Å². The summed E-state index contributed by atoms with van der Waals surface area (Å²) in [5.74, 6) is 0. The number of nitro groups is 1. The van der Waals surface area contributed by atoms with Gasteiger partial charge < -0.3 is 5.73 Å². The van der Waals surface area contributed by atoms with Crippen LogP contribution in [0.2, 0.25) is 0 Å². The van der Waals surface area contributed by atoms with Crippen molar-refractivity contribution in [2.75, 3.05) is 5.73 Å². The number of thiazole rings is 1. The molecule has 0 atom stereocenters. The van der Waals surface area contributed by atoms with Gasteiger partial charge in [0.25, 0.3) is 5.69 Å². The van der Waals surface area contributed by atoms with E-state index in [1.165, 1.54) is 11.3 Å². The van der Waals surface area contributed by atoms with Crippen LogP contribution in [-0.4, -0.2) is 18.3 Å². The second-order valence-electron chi connectivity index (χ2n) is 3.73. The molecule has 20 heavy (non-hydrogen) atoms. The number of nitro benzene ring substituents is 1. The fourth-order valence-corrected chi connectivity index (χ4v) is 3.21. The molecular formula is C10H10N4O4S2. The number of benzene rings is 1. The Bertz CT molecular complexity index is 728. The smallest absolute Gasteiger partial charge is 0.271 e. The number of anilines is 1. The molecule has 0 aliphatic rings. The summed E-state index contributed by atoms with van der Waals surface area (Å²) in [4.78, 5) is 13.7. The summed E-state index contributed by atoms with van der Waals surface area (Å²) in [6.45, 7) is 0.0381. The van der Waals surface area contributed by atoms with E-state index >= 15 is 0 Å². The lowest BCUT2D eigenvalue weighted by atomic mass is 10.3. The fourth-order valence-electron chi connectivity index (χ4n) is 1.47. The zero-order chi connectivity index (χ0) is 14.8. The molecule has 0 unspecified atom stereocenters. The molecule has 0 aliphatic heterocycles. The highest BCUT2D eigenvalue weighted by Gasteiger charge is 2.20. The SMILES string of the molecule is Nc1cc([N+](=O)[O-])ccc1S(=O)(=O)NCc1nccs1. The number of hydrogen-bond acceptors (Lipinski definition) is 7. The molecule has 1 aromatic heterocycles. The maximum Gasteiger partial charge on any atom is 0.271 e. The molecule has 1 aromatic carbocycles. The second-order valence-corrected chi connectivity index (χ2v) is 6.44. The van der Waals surface area contributed by atoms with Gasteiger partial charge in [-0.25, -0.2) is 18.1 Å². The second kappa shape index (κ2) is 5.53. The van der Waals surface area contributed by atoms with Crippen LogP contribution in [0.15, 0.2) is 34.7 Å². The molecule has 0 saturated carbocycles. The van der Waals surface area contributed by atoms with Crippen LogP contribution in [0.4, 0.5) is 11.4 Å². The van der Waals surface area contributed by atoms with Crippen LogP contribution < -0.4 is 10.5 Å². The first kappa shape index (κ1) is 14.4. The first-order chi connectivity index (χ1) is 9.40. The van der Waals surface area contributed by atoms with Gasteiger partial charge in [0, 0.05) is 23.7 Å². The summed E-state index contributed by atoms with van der Waals surface area (Å²) in [6.07, 6.45) is 1.56. The van der Waals surface area contributed by atoms with Crippen LogP contribution in [0, 0.1) is 10.1 Å². The molecule has 0 aliphatic carbocycles. The Balaban J connectivity index is 2.23. The zero-order valence-corrected chi connectivity index (χ0v) is 11.6. The van der Waals surface area contributed by atoms with Crippen LogP contribution in [0.3, 0.4) is 0 Å². The van der Waals surface area contributed by atoms with Crippen molar-refractivity contribution in [2.45, 2.75) is 11.4 Å². The number of rotatable bonds is 5. The van der Waals surface area contributed by atoms with Gasteiger partial charge in [0.2, 0.25) is 10.0 Å². The Morgan fingerprint density at radius 2 is 2.20 bits per heavy atom. The van der Waals surface area contributed by atoms with Crippen LogP contribution in [0.5, 0.6) is 0 Å². The first-order valence-corrected chi connectivity index (χ1v) is 7.68. The van der Waals surface area contributed by atoms with E-state index in [2.05, 4.69) is 9.71 Å². The third-order valence-electron chi connectivity index (χ3n) is 2.39. The molecule has 2 rings (SSSR count). The minimum absolute atomic E-state index is 0.0381. The van der Waals surface area contributed by atoms with E-state index in [1.54, 1.807) is 11.6 Å². The molecule has 0 spiro atoms. The lowest BCUT2D eigenvalue weighted by molar-refractivity contribution is -0.384. The quantitative estimate of drug-likeness (QED) is 0.483. The van der Waals surface area contributed by atoms with E-state index in [-0.39, 0.29) is 22.8 Å². The summed E-state index contributed by atoms with van der Waals surface area (Å²) < 4.78 is 26.4. The summed E-state index contributed by atoms with van der Waals surface area (Å²) in [5, 5.41) is 12.9. The summed E-state index contributed by atoms with van der Waals surface area (Å²) >= 11 is 1.31. The largest absolute Gasteiger partial charge is 0.397 e. The van der Waals surface area contributed by atoms with Gasteiger partial charge in [-0.1, -0.05) is 0 Å². The number of nitrogens with two attached hydrogens (primary N) is 1. The molecule has 0 amide bonds. The van der Waals surface area contributed by atoms with E-state index in [0.29, 0.717) is 5.01 Å². The predicted molar refractivity (Wildman–Crippen MR) is 73.6 cm³/mol. The highest BCUT2D eigenvalue weighted by Crippen LogP contribution is 2.23. The third-order valence-corrected chi connectivity index (χ3v) is 4.65. The van der Waals surface area contributed by atoms with Crippen LogP contribution in [-0.2, 0) is 16.6 Å². The number of sulfonamides is 1. The fraction of sp³-hybridized carbons (Fsp3) is 0.100. The maximum atomic E-state index is 12.0. The topological polar surface area (TPSA) is 128 Å².